The summed E-state index contributed by atoms with van der Waals surface area (Å²) in [5.74, 6) is -1.58. The number of benzene rings is 3. The van der Waals surface area contributed by atoms with Crippen molar-refractivity contribution in [3.63, 3.8) is 0 Å². The molecule has 3 aromatic carbocycles. The molecule has 0 spiro atoms. The summed E-state index contributed by atoms with van der Waals surface area (Å²) in [7, 11) is 0. The number of amides is 5. The summed E-state index contributed by atoms with van der Waals surface area (Å²) in [4.78, 5) is 83.2. The summed E-state index contributed by atoms with van der Waals surface area (Å²) >= 11 is 7.40. The first-order valence-electron chi connectivity index (χ1n) is 23.6. The number of aliphatic hydroxyl groups is 1. The number of carbonyl (C=O) groups excluding carboxylic acids is 5. The average molecular weight is 991 g/mol. The second kappa shape index (κ2) is 21.9. The van der Waals surface area contributed by atoms with Gasteiger partial charge in [-0.1, -0.05) is 51.1 Å². The van der Waals surface area contributed by atoms with Crippen LogP contribution < -0.4 is 20.4 Å². The number of aliphatic hydroxyl groups excluding tert-OH is 1. The minimum absolute atomic E-state index is 0.0236. The van der Waals surface area contributed by atoms with Crippen LogP contribution in [0.2, 0.25) is 0 Å². The highest BCUT2D eigenvalue weighted by atomic mass is 32.1. The molecule has 5 amide bonds. The Morgan fingerprint density at radius 1 is 1.00 bits per heavy atom. The number of hydrogen-bond acceptors (Lipinski definition) is 11. The number of ether oxygens (including phenoxy) is 2. The molecule has 0 saturated carbocycles. The van der Waals surface area contributed by atoms with Crippen LogP contribution in [0.15, 0.2) is 72.2 Å². The number of piperidine rings is 1. The Hall–Kier alpha value is -6.10. The van der Waals surface area contributed by atoms with Gasteiger partial charge in [0.05, 0.1) is 34.9 Å². The molecule has 0 aliphatic carbocycles. The van der Waals surface area contributed by atoms with Crippen LogP contribution >= 0.6 is 23.6 Å². The van der Waals surface area contributed by atoms with Crippen LogP contribution in [-0.2, 0) is 35.2 Å². The fourth-order valence-corrected chi connectivity index (χ4v) is 10.4. The average Bonchev–Trinajstić information content (AvgIpc) is 4.00. The van der Waals surface area contributed by atoms with E-state index in [9.17, 15) is 29.1 Å². The number of carbonyl (C=O) groups is 5. The quantitative estimate of drug-likeness (QED) is 0.0616. The molecule has 3 atom stereocenters. The van der Waals surface area contributed by atoms with Crippen LogP contribution in [0.1, 0.15) is 87.5 Å². The maximum absolute atomic E-state index is 14.0. The van der Waals surface area contributed by atoms with Crippen molar-refractivity contribution >= 4 is 75.3 Å². The minimum atomic E-state index is -0.985. The molecule has 1 aromatic heterocycles. The number of hydrogen-bond donors (Lipinski definition) is 3. The lowest BCUT2D eigenvalue weighted by Gasteiger charge is -2.35. The van der Waals surface area contributed by atoms with E-state index in [0.717, 1.165) is 27.3 Å². The van der Waals surface area contributed by atoms with Crippen LogP contribution in [-0.4, -0.2) is 124 Å². The summed E-state index contributed by atoms with van der Waals surface area (Å²) in [5.41, 5.74) is 6.08. The van der Waals surface area contributed by atoms with Gasteiger partial charge in [0.15, 0.2) is 10.8 Å². The highest BCUT2D eigenvalue weighted by molar-refractivity contribution is 7.81. The molecule has 0 radical (unpaired) electrons. The normalized spacial score (nSPS) is 18.8. The van der Waals surface area contributed by atoms with E-state index in [2.05, 4.69) is 20.5 Å². The lowest BCUT2D eigenvalue weighted by Crippen LogP contribution is -2.58. The zero-order valence-corrected chi connectivity index (χ0v) is 42.5. The van der Waals surface area contributed by atoms with E-state index >= 15 is 0 Å². The lowest BCUT2D eigenvalue weighted by molar-refractivity contribution is -0.144. The summed E-state index contributed by atoms with van der Waals surface area (Å²) in [6.07, 6.45) is 1.04. The molecular weight excluding hydrogens is 929 g/mol. The molecule has 3 saturated heterocycles. The van der Waals surface area contributed by atoms with Crippen molar-refractivity contribution in [3.8, 4) is 10.4 Å². The zero-order valence-electron chi connectivity index (χ0n) is 40.8. The molecule has 3 N–H and O–H groups in total. The maximum atomic E-state index is 14.0. The first-order valence-corrected chi connectivity index (χ1v) is 24.9. The predicted molar refractivity (Wildman–Crippen MR) is 272 cm³/mol. The fraction of sp³-hybridized carbons (Fsp3) is 0.462. The van der Waals surface area contributed by atoms with Gasteiger partial charge in [0.2, 0.25) is 17.7 Å². The standard InChI is InChI=1S/C52H62N8O8S2/c1-32-26-38(18-19-41(32)53-8)59-49(66)52(6,7)60(50(59)69)37-16-14-36(15-17-37)47(64)57-22-20-40(21-23-57)68-25-9-24-67-30-43(62)56-45(51(3,4)5)48(65)58-29-39(61)27-42(58)46(63)54-28-34-10-12-35(13-11-34)44-33(2)55-31-70-44/h10-19,26,31,39-40,42,45,61H,9,20-25,27-30H2,1-7H3,(H,54,63)(H,56,62)/t39-,42+,45-/m1/s1. The van der Waals surface area contributed by atoms with Crippen LogP contribution in [0.5, 0.6) is 0 Å². The Labute approximate surface area is 419 Å². The van der Waals surface area contributed by atoms with Crippen molar-refractivity contribution in [2.24, 2.45) is 5.41 Å². The number of nitrogens with zero attached hydrogens (tertiary/aromatic N) is 6. The van der Waals surface area contributed by atoms with Crippen LogP contribution in [0, 0.1) is 25.8 Å². The number of β-amino-alcohol motifs (C(OH)–C–C–N with tert-alkyl or cyclic N) is 1. The van der Waals surface area contributed by atoms with Gasteiger partial charge in [0.1, 0.15) is 24.2 Å². The van der Waals surface area contributed by atoms with E-state index in [1.54, 1.807) is 46.6 Å². The summed E-state index contributed by atoms with van der Waals surface area (Å²) in [5, 5.41) is 16.7. The third-order valence-electron chi connectivity index (χ3n) is 13.1. The predicted octanol–water partition coefficient (Wildman–Crippen LogP) is 6.73. The topological polar surface area (TPSA) is 178 Å². The Morgan fingerprint density at radius 2 is 1.69 bits per heavy atom. The number of thiocarbonyl (C=S) groups is 1. The van der Waals surface area contributed by atoms with Gasteiger partial charge in [-0.3, -0.25) is 28.9 Å². The zero-order chi connectivity index (χ0) is 50.5. The van der Waals surface area contributed by atoms with Gasteiger partial charge < -0.3 is 39.9 Å². The summed E-state index contributed by atoms with van der Waals surface area (Å²) in [6, 6.07) is 18.3. The molecule has 16 nitrogen and oxygen atoms in total. The summed E-state index contributed by atoms with van der Waals surface area (Å²) in [6.45, 7) is 21.9. The van der Waals surface area contributed by atoms with Crippen molar-refractivity contribution in [1.29, 1.82) is 0 Å². The van der Waals surface area contributed by atoms with E-state index in [1.807, 2.05) is 95.3 Å². The Kier molecular flexibility index (Phi) is 16.2. The van der Waals surface area contributed by atoms with Gasteiger partial charge in [-0.25, -0.2) is 9.83 Å². The Balaban J connectivity index is 0.814. The lowest BCUT2D eigenvalue weighted by atomic mass is 9.85. The molecule has 18 heteroatoms. The van der Waals surface area contributed by atoms with Gasteiger partial charge in [0.25, 0.3) is 11.8 Å². The van der Waals surface area contributed by atoms with E-state index in [1.165, 1.54) is 9.80 Å². The third kappa shape index (κ3) is 11.6. The van der Waals surface area contributed by atoms with Crippen molar-refractivity contribution < 1.29 is 38.6 Å². The molecule has 3 fully saturated rings. The molecular formula is C52H62N8O8S2. The van der Waals surface area contributed by atoms with Crippen molar-refractivity contribution in [2.45, 2.75) is 111 Å². The van der Waals surface area contributed by atoms with E-state index in [4.69, 9.17) is 28.3 Å². The van der Waals surface area contributed by atoms with Crippen LogP contribution in [0.3, 0.4) is 0 Å². The molecule has 4 heterocycles. The Bertz CT molecular complexity index is 2630. The third-order valence-corrected chi connectivity index (χ3v) is 14.4. The fourth-order valence-electron chi connectivity index (χ4n) is 9.08. The SMILES string of the molecule is [C-]#[N+]c1ccc(N2C(=O)C(C)(C)N(c3ccc(C(=O)N4CCC(OCCCOCC(=O)N[C@H](C(=O)N5C[C@H](O)C[C@H]5C(=O)NCc5ccc(-c6scnc6C)cc5)C(C)(C)C)CC4)cc3)C2=S)cc1C. The summed E-state index contributed by atoms with van der Waals surface area (Å²) < 4.78 is 11.8. The smallest absolute Gasteiger partial charge is 0.259 e. The monoisotopic (exact) mass is 990 g/mol. The van der Waals surface area contributed by atoms with Crippen molar-refractivity contribution in [3.05, 3.63) is 106 Å². The number of rotatable bonds is 16. The molecule has 4 aromatic rings. The number of aromatic nitrogens is 1. The molecule has 70 heavy (non-hydrogen) atoms. The molecule has 370 valence electrons. The second-order valence-electron chi connectivity index (χ2n) is 19.7. The number of anilines is 2. The molecule has 0 unspecified atom stereocenters. The van der Waals surface area contributed by atoms with Crippen molar-refractivity contribution in [2.75, 3.05) is 49.3 Å². The largest absolute Gasteiger partial charge is 0.391 e. The van der Waals surface area contributed by atoms with Crippen molar-refractivity contribution in [1.82, 2.24) is 25.4 Å². The maximum Gasteiger partial charge on any atom is 0.259 e. The number of aryl methyl sites for hydroxylation is 2. The van der Waals surface area contributed by atoms with Gasteiger partial charge in [-0.05, 0) is 118 Å². The first kappa shape index (κ1) is 51.7. The van der Waals surface area contributed by atoms with Crippen LogP contribution in [0.25, 0.3) is 15.3 Å². The first-order chi connectivity index (χ1) is 33.3. The van der Waals surface area contributed by atoms with Gasteiger partial charge in [-0.2, -0.15) is 0 Å². The molecule has 3 aliphatic rings. The van der Waals surface area contributed by atoms with E-state index in [0.29, 0.717) is 66.7 Å². The number of nitrogens with one attached hydrogen (secondary N) is 2. The van der Waals surface area contributed by atoms with Gasteiger partial charge in [-0.15, -0.1) is 11.3 Å². The molecule has 0 bridgehead atoms. The van der Waals surface area contributed by atoms with Gasteiger partial charge in [0, 0.05) is 62.8 Å². The van der Waals surface area contributed by atoms with E-state index in [-0.39, 0.29) is 56.5 Å². The number of thiazole rings is 1. The minimum Gasteiger partial charge on any atom is -0.391 e. The van der Waals surface area contributed by atoms with Gasteiger partial charge >= 0.3 is 0 Å². The number of likely N-dealkylation sites (tertiary alicyclic amines) is 2. The molecule has 3 aliphatic heterocycles. The second-order valence-corrected chi connectivity index (χ2v) is 20.9. The highest BCUT2D eigenvalue weighted by Crippen LogP contribution is 2.38. The highest BCUT2D eigenvalue weighted by Gasteiger charge is 2.50. The van der Waals surface area contributed by atoms with E-state index < -0.39 is 41.0 Å². The van der Waals surface area contributed by atoms with Crippen LogP contribution in [0.4, 0.5) is 17.1 Å². The Morgan fingerprint density at radius 3 is 2.31 bits per heavy atom. The molecule has 7 rings (SSSR count).